The monoisotopic (exact) mass is 450 g/mol. The number of furan rings is 1. The predicted molar refractivity (Wildman–Crippen MR) is 127 cm³/mol. The van der Waals surface area contributed by atoms with Gasteiger partial charge in [-0.25, -0.2) is 0 Å². The Balaban J connectivity index is 1.51. The van der Waals surface area contributed by atoms with Crippen molar-refractivity contribution in [3.8, 4) is 17.3 Å². The molecule has 2 aromatic carbocycles. The first kappa shape index (κ1) is 22.0. The molecule has 0 unspecified atom stereocenters. The molecule has 0 bridgehead atoms. The standard InChI is InChI=1S/C24H26N4O3S/c1-5-28-23(20-13-16-9-8-12-19(30-4)22(16)31-20)26-27-24(28)32-14-21(29)25-18-11-7-6-10-17(18)15(2)3/h6-13,15H,5,14H2,1-4H3,(H,25,29). The van der Waals surface area contributed by atoms with E-state index in [1.165, 1.54) is 11.8 Å². The molecule has 0 aliphatic rings. The molecule has 32 heavy (non-hydrogen) atoms. The Bertz CT molecular complexity index is 1250. The predicted octanol–water partition coefficient (Wildman–Crippen LogP) is 5.57. The van der Waals surface area contributed by atoms with E-state index < -0.39 is 0 Å². The van der Waals surface area contributed by atoms with E-state index in [4.69, 9.17) is 9.15 Å². The molecule has 0 aliphatic heterocycles. The van der Waals surface area contributed by atoms with E-state index in [0.717, 1.165) is 16.6 Å². The van der Waals surface area contributed by atoms with Crippen LogP contribution in [-0.4, -0.2) is 33.5 Å². The van der Waals surface area contributed by atoms with Gasteiger partial charge in [-0.2, -0.15) is 0 Å². The molecule has 8 heteroatoms. The number of thioether (sulfide) groups is 1. The van der Waals surface area contributed by atoms with Gasteiger partial charge in [-0.3, -0.25) is 9.36 Å². The third-order valence-electron chi connectivity index (χ3n) is 5.17. The number of benzene rings is 2. The number of hydrogen-bond acceptors (Lipinski definition) is 6. The lowest BCUT2D eigenvalue weighted by molar-refractivity contribution is -0.113. The van der Waals surface area contributed by atoms with Crippen LogP contribution < -0.4 is 10.1 Å². The first-order chi connectivity index (χ1) is 15.5. The highest BCUT2D eigenvalue weighted by Crippen LogP contribution is 2.34. The van der Waals surface area contributed by atoms with Gasteiger partial charge in [0.1, 0.15) is 0 Å². The van der Waals surface area contributed by atoms with Crippen LogP contribution in [0.1, 0.15) is 32.3 Å². The third-order valence-corrected chi connectivity index (χ3v) is 6.14. The summed E-state index contributed by atoms with van der Waals surface area (Å²) in [5.74, 6) is 2.39. The second-order valence-corrected chi connectivity index (χ2v) is 8.56. The average Bonchev–Trinajstić information content (AvgIpc) is 3.41. The minimum absolute atomic E-state index is 0.0798. The van der Waals surface area contributed by atoms with E-state index >= 15 is 0 Å². The van der Waals surface area contributed by atoms with E-state index in [1.54, 1.807) is 7.11 Å². The number of amides is 1. The van der Waals surface area contributed by atoms with Crippen LogP contribution >= 0.6 is 11.8 Å². The molecule has 2 aromatic heterocycles. The molecule has 1 amide bonds. The smallest absolute Gasteiger partial charge is 0.234 e. The number of carbonyl (C=O) groups is 1. The molecule has 0 aliphatic carbocycles. The molecule has 0 spiro atoms. The number of anilines is 1. The SMILES string of the molecule is CCn1c(SCC(=O)Nc2ccccc2C(C)C)nnc1-c1cc2cccc(OC)c2o1. The summed E-state index contributed by atoms with van der Waals surface area (Å²) in [5.41, 5.74) is 2.64. The van der Waals surface area contributed by atoms with E-state index in [1.807, 2.05) is 60.0 Å². The summed E-state index contributed by atoms with van der Waals surface area (Å²) in [6, 6.07) is 15.6. The number of para-hydroxylation sites is 2. The van der Waals surface area contributed by atoms with Gasteiger partial charge in [-0.15, -0.1) is 10.2 Å². The van der Waals surface area contributed by atoms with Gasteiger partial charge in [0.05, 0.1) is 12.9 Å². The van der Waals surface area contributed by atoms with Crippen molar-refractivity contribution in [2.45, 2.75) is 38.4 Å². The lowest BCUT2D eigenvalue weighted by Gasteiger charge is -2.13. The van der Waals surface area contributed by atoms with Crippen LogP contribution in [0.15, 0.2) is 58.1 Å². The van der Waals surface area contributed by atoms with Crippen molar-refractivity contribution < 1.29 is 13.9 Å². The van der Waals surface area contributed by atoms with Crippen molar-refractivity contribution in [1.29, 1.82) is 0 Å². The largest absolute Gasteiger partial charge is 0.493 e. The van der Waals surface area contributed by atoms with Gasteiger partial charge in [0.25, 0.3) is 0 Å². The lowest BCUT2D eigenvalue weighted by atomic mass is 10.0. The summed E-state index contributed by atoms with van der Waals surface area (Å²) in [6.45, 7) is 6.88. The fourth-order valence-corrected chi connectivity index (χ4v) is 4.40. The second-order valence-electron chi connectivity index (χ2n) is 7.62. The summed E-state index contributed by atoms with van der Waals surface area (Å²) < 4.78 is 13.4. The van der Waals surface area contributed by atoms with Crippen molar-refractivity contribution in [2.24, 2.45) is 0 Å². The Hall–Kier alpha value is -3.26. The van der Waals surface area contributed by atoms with Crippen LogP contribution in [0.25, 0.3) is 22.6 Å². The maximum atomic E-state index is 12.6. The van der Waals surface area contributed by atoms with Crippen LogP contribution in [0.2, 0.25) is 0 Å². The maximum Gasteiger partial charge on any atom is 0.234 e. The number of ether oxygens (including phenoxy) is 1. The van der Waals surface area contributed by atoms with Crippen molar-refractivity contribution >= 4 is 34.3 Å². The highest BCUT2D eigenvalue weighted by atomic mass is 32.2. The first-order valence-corrected chi connectivity index (χ1v) is 11.5. The minimum Gasteiger partial charge on any atom is -0.493 e. The topological polar surface area (TPSA) is 82.2 Å². The first-order valence-electron chi connectivity index (χ1n) is 10.5. The zero-order valence-corrected chi connectivity index (χ0v) is 19.4. The Labute approximate surface area is 191 Å². The Kier molecular flexibility index (Phi) is 6.50. The lowest BCUT2D eigenvalue weighted by Crippen LogP contribution is -2.16. The van der Waals surface area contributed by atoms with E-state index in [9.17, 15) is 4.79 Å². The normalized spacial score (nSPS) is 11.3. The number of aromatic nitrogens is 3. The summed E-state index contributed by atoms with van der Waals surface area (Å²) in [5, 5.41) is 13.3. The molecular formula is C24H26N4O3S. The van der Waals surface area contributed by atoms with Gasteiger partial charge in [-0.1, -0.05) is 55.9 Å². The molecule has 0 atom stereocenters. The van der Waals surface area contributed by atoms with Gasteiger partial charge < -0.3 is 14.5 Å². The van der Waals surface area contributed by atoms with Crippen molar-refractivity contribution in [1.82, 2.24) is 14.8 Å². The fourth-order valence-electron chi connectivity index (χ4n) is 3.60. The zero-order valence-electron chi connectivity index (χ0n) is 18.6. The fraction of sp³-hybridized carbons (Fsp3) is 0.292. The molecule has 2 heterocycles. The molecule has 0 radical (unpaired) electrons. The van der Waals surface area contributed by atoms with Crippen LogP contribution in [0.3, 0.4) is 0 Å². The Morgan fingerprint density at radius 3 is 2.75 bits per heavy atom. The van der Waals surface area contributed by atoms with E-state index in [0.29, 0.717) is 40.5 Å². The van der Waals surface area contributed by atoms with Crippen LogP contribution in [0.5, 0.6) is 5.75 Å². The molecule has 7 nitrogen and oxygen atoms in total. The average molecular weight is 451 g/mol. The molecule has 1 N–H and O–H groups in total. The molecule has 4 aromatic rings. The summed E-state index contributed by atoms with van der Waals surface area (Å²) in [6.07, 6.45) is 0. The number of nitrogens with zero attached hydrogens (tertiary/aromatic N) is 3. The summed E-state index contributed by atoms with van der Waals surface area (Å²) in [7, 11) is 1.62. The molecule has 0 fully saturated rings. The number of hydrogen-bond donors (Lipinski definition) is 1. The number of carbonyl (C=O) groups excluding carboxylic acids is 1. The third kappa shape index (κ3) is 4.36. The van der Waals surface area contributed by atoms with Gasteiger partial charge in [-0.05, 0) is 36.6 Å². The van der Waals surface area contributed by atoms with Gasteiger partial charge >= 0.3 is 0 Å². The summed E-state index contributed by atoms with van der Waals surface area (Å²) >= 11 is 1.35. The van der Waals surface area contributed by atoms with Crippen molar-refractivity contribution in [2.75, 3.05) is 18.2 Å². The van der Waals surface area contributed by atoms with Gasteiger partial charge in [0, 0.05) is 17.6 Å². The minimum atomic E-state index is -0.0798. The van der Waals surface area contributed by atoms with Crippen LogP contribution in [0.4, 0.5) is 5.69 Å². The maximum absolute atomic E-state index is 12.6. The van der Waals surface area contributed by atoms with Gasteiger partial charge in [0.2, 0.25) is 11.7 Å². The van der Waals surface area contributed by atoms with E-state index in [2.05, 4.69) is 29.4 Å². The Morgan fingerprint density at radius 2 is 2.00 bits per heavy atom. The molecule has 0 saturated carbocycles. The molecule has 0 saturated heterocycles. The Morgan fingerprint density at radius 1 is 1.19 bits per heavy atom. The molecular weight excluding hydrogens is 424 g/mol. The van der Waals surface area contributed by atoms with E-state index in [-0.39, 0.29) is 11.7 Å². The highest BCUT2D eigenvalue weighted by molar-refractivity contribution is 7.99. The molecule has 4 rings (SSSR count). The second kappa shape index (κ2) is 9.48. The highest BCUT2D eigenvalue weighted by Gasteiger charge is 2.19. The zero-order chi connectivity index (χ0) is 22.7. The van der Waals surface area contributed by atoms with Crippen molar-refractivity contribution in [3.63, 3.8) is 0 Å². The van der Waals surface area contributed by atoms with Crippen molar-refractivity contribution in [3.05, 3.63) is 54.1 Å². The van der Waals surface area contributed by atoms with Crippen LogP contribution in [0, 0.1) is 0 Å². The van der Waals surface area contributed by atoms with Crippen LogP contribution in [-0.2, 0) is 11.3 Å². The molecule has 166 valence electrons. The summed E-state index contributed by atoms with van der Waals surface area (Å²) in [4.78, 5) is 12.6. The number of nitrogens with one attached hydrogen (secondary N) is 1. The number of rotatable bonds is 8. The van der Waals surface area contributed by atoms with Gasteiger partial charge in [0.15, 0.2) is 22.2 Å². The quantitative estimate of drug-likeness (QED) is 0.353. The number of methoxy groups -OCH3 is 1. The number of fused-ring (bicyclic) bond motifs is 1.